The highest BCUT2D eigenvalue weighted by molar-refractivity contribution is 7.92. The zero-order chi connectivity index (χ0) is 24.4. The summed E-state index contributed by atoms with van der Waals surface area (Å²) in [6.45, 7) is 4.64. The van der Waals surface area contributed by atoms with Crippen molar-refractivity contribution in [2.75, 3.05) is 19.6 Å². The van der Waals surface area contributed by atoms with Gasteiger partial charge in [0, 0.05) is 18.5 Å². The van der Waals surface area contributed by atoms with Crippen molar-refractivity contribution < 1.29 is 17.6 Å². The Labute approximate surface area is 202 Å². The molecule has 3 rings (SSSR count). The molecule has 0 aliphatic heterocycles. The second-order valence-electron chi connectivity index (χ2n) is 8.58. The highest BCUT2D eigenvalue weighted by Crippen LogP contribution is 2.14. The first-order valence-corrected chi connectivity index (χ1v) is 12.9. The molecule has 3 aromatic rings. The summed E-state index contributed by atoms with van der Waals surface area (Å²) < 4.78 is 33.0. The Morgan fingerprint density at radius 1 is 0.971 bits per heavy atom. The van der Waals surface area contributed by atoms with Crippen LogP contribution in [-0.4, -0.2) is 43.2 Å². The third-order valence-electron chi connectivity index (χ3n) is 5.27. The molecule has 34 heavy (non-hydrogen) atoms. The molecule has 1 heterocycles. The normalized spacial score (nSPS) is 12.0. The number of hydrogen-bond donors (Lipinski definition) is 0. The van der Waals surface area contributed by atoms with Crippen LogP contribution in [0.3, 0.4) is 0 Å². The predicted molar refractivity (Wildman–Crippen MR) is 135 cm³/mol. The molecule has 0 unspecified atom stereocenters. The Balaban J connectivity index is 1.77. The Bertz CT molecular complexity index is 1140. The van der Waals surface area contributed by atoms with Crippen molar-refractivity contribution in [3.8, 4) is 0 Å². The molecule has 0 radical (unpaired) electrons. The number of carbonyl (C=O) groups is 1. The molecule has 0 N–H and O–H groups in total. The van der Waals surface area contributed by atoms with E-state index in [2.05, 4.69) is 0 Å². The zero-order valence-electron chi connectivity index (χ0n) is 19.7. The maximum Gasteiger partial charge on any atom is 0.238 e. The lowest BCUT2D eigenvalue weighted by Gasteiger charge is -2.27. The molecule has 0 saturated heterocycles. The van der Waals surface area contributed by atoms with Crippen LogP contribution in [0.15, 0.2) is 88.9 Å². The quantitative estimate of drug-likeness (QED) is 0.373. The largest absolute Gasteiger partial charge is 0.467 e. The van der Waals surface area contributed by atoms with Gasteiger partial charge in [-0.25, -0.2) is 8.42 Å². The van der Waals surface area contributed by atoms with Crippen LogP contribution in [0.2, 0.25) is 0 Å². The maximum absolute atomic E-state index is 13.4. The van der Waals surface area contributed by atoms with E-state index in [0.717, 1.165) is 11.1 Å². The SMILES string of the molecule is CC(C)CN(CC(=O)N(CCc1ccccc1)Cc1ccco1)S(=O)(=O)C=Cc1ccccc1. The minimum atomic E-state index is -3.79. The van der Waals surface area contributed by atoms with E-state index in [9.17, 15) is 13.2 Å². The van der Waals surface area contributed by atoms with E-state index < -0.39 is 10.0 Å². The maximum atomic E-state index is 13.4. The summed E-state index contributed by atoms with van der Waals surface area (Å²) in [6, 6.07) is 22.7. The molecule has 0 saturated carbocycles. The minimum Gasteiger partial charge on any atom is -0.467 e. The number of hydrogen-bond acceptors (Lipinski definition) is 4. The molecule has 1 amide bonds. The summed E-state index contributed by atoms with van der Waals surface area (Å²) in [5.41, 5.74) is 1.89. The van der Waals surface area contributed by atoms with Crippen LogP contribution < -0.4 is 0 Å². The number of furan rings is 1. The minimum absolute atomic E-state index is 0.0653. The van der Waals surface area contributed by atoms with Gasteiger partial charge in [0.05, 0.1) is 19.4 Å². The average molecular weight is 481 g/mol. The van der Waals surface area contributed by atoms with Crippen molar-refractivity contribution in [1.29, 1.82) is 0 Å². The van der Waals surface area contributed by atoms with Gasteiger partial charge in [0.1, 0.15) is 5.76 Å². The highest BCUT2D eigenvalue weighted by Gasteiger charge is 2.26. The molecule has 6 nitrogen and oxygen atoms in total. The fourth-order valence-electron chi connectivity index (χ4n) is 3.52. The first-order valence-electron chi connectivity index (χ1n) is 11.4. The monoisotopic (exact) mass is 480 g/mol. The summed E-state index contributed by atoms with van der Waals surface area (Å²) in [7, 11) is -3.79. The number of benzene rings is 2. The van der Waals surface area contributed by atoms with Crippen LogP contribution in [0, 0.1) is 5.92 Å². The molecule has 0 bridgehead atoms. The second kappa shape index (κ2) is 12.3. The number of rotatable bonds is 12. The number of sulfonamides is 1. The van der Waals surface area contributed by atoms with Gasteiger partial charge in [-0.2, -0.15) is 4.31 Å². The third kappa shape index (κ3) is 8.01. The summed E-state index contributed by atoms with van der Waals surface area (Å²) >= 11 is 0. The molecule has 0 fully saturated rings. The Morgan fingerprint density at radius 3 is 2.26 bits per heavy atom. The van der Waals surface area contributed by atoms with Crippen molar-refractivity contribution in [2.45, 2.75) is 26.8 Å². The lowest BCUT2D eigenvalue weighted by molar-refractivity contribution is -0.132. The first kappa shape index (κ1) is 25.5. The van der Waals surface area contributed by atoms with E-state index in [1.54, 1.807) is 23.3 Å². The van der Waals surface area contributed by atoms with Crippen LogP contribution in [0.4, 0.5) is 0 Å². The molecule has 0 aliphatic rings. The number of amides is 1. The highest BCUT2D eigenvalue weighted by atomic mass is 32.2. The molecule has 180 valence electrons. The van der Waals surface area contributed by atoms with Crippen molar-refractivity contribution >= 4 is 22.0 Å². The summed E-state index contributed by atoms with van der Waals surface area (Å²) in [4.78, 5) is 15.0. The number of carbonyl (C=O) groups excluding carboxylic acids is 1. The van der Waals surface area contributed by atoms with Gasteiger partial charge in [0.2, 0.25) is 15.9 Å². The van der Waals surface area contributed by atoms with Crippen molar-refractivity contribution in [3.05, 3.63) is 101 Å². The van der Waals surface area contributed by atoms with Gasteiger partial charge < -0.3 is 9.32 Å². The Kier molecular flexibility index (Phi) is 9.24. The van der Waals surface area contributed by atoms with Crippen molar-refractivity contribution in [3.63, 3.8) is 0 Å². The van der Waals surface area contributed by atoms with Crippen LogP contribution in [-0.2, 0) is 27.8 Å². The summed E-state index contributed by atoms with van der Waals surface area (Å²) in [5, 5.41) is 1.18. The van der Waals surface area contributed by atoms with Gasteiger partial charge in [-0.15, -0.1) is 0 Å². The molecule has 0 atom stereocenters. The van der Waals surface area contributed by atoms with Crippen LogP contribution in [0.5, 0.6) is 0 Å². The third-order valence-corrected chi connectivity index (χ3v) is 6.74. The molecule has 0 aliphatic carbocycles. The van der Waals surface area contributed by atoms with Gasteiger partial charge in [-0.3, -0.25) is 4.79 Å². The van der Waals surface area contributed by atoms with E-state index in [1.807, 2.05) is 80.6 Å². The predicted octanol–water partition coefficient (Wildman–Crippen LogP) is 4.81. The Hall–Kier alpha value is -3.16. The van der Waals surface area contributed by atoms with E-state index in [1.165, 1.54) is 9.71 Å². The standard InChI is InChI=1S/C27H32N2O4S/c1-23(2)20-29(34(31,32)19-16-25-12-7-4-8-13-25)22-27(30)28(21-26-14-9-18-33-26)17-15-24-10-5-3-6-11-24/h3-14,16,18-19,23H,15,17,20-22H2,1-2H3. The van der Waals surface area contributed by atoms with E-state index in [4.69, 9.17) is 4.42 Å². The smallest absolute Gasteiger partial charge is 0.238 e. The molecule has 1 aromatic heterocycles. The zero-order valence-corrected chi connectivity index (χ0v) is 20.5. The average Bonchev–Trinajstić information content (AvgIpc) is 3.34. The molecule has 7 heteroatoms. The lowest BCUT2D eigenvalue weighted by Crippen LogP contribution is -2.44. The number of nitrogens with zero attached hydrogens (tertiary/aromatic N) is 2. The van der Waals surface area contributed by atoms with Crippen molar-refractivity contribution in [2.24, 2.45) is 5.92 Å². The summed E-state index contributed by atoms with van der Waals surface area (Å²) in [6.07, 6.45) is 3.79. The van der Waals surface area contributed by atoms with Crippen LogP contribution >= 0.6 is 0 Å². The van der Waals surface area contributed by atoms with E-state index >= 15 is 0 Å². The van der Waals surface area contributed by atoms with Gasteiger partial charge in [0.15, 0.2) is 0 Å². The summed E-state index contributed by atoms with van der Waals surface area (Å²) in [5.74, 6) is 0.462. The molecular weight excluding hydrogens is 448 g/mol. The van der Waals surface area contributed by atoms with Gasteiger partial charge in [-0.1, -0.05) is 74.5 Å². The topological polar surface area (TPSA) is 70.8 Å². The fourth-order valence-corrected chi connectivity index (χ4v) is 4.82. The Morgan fingerprint density at radius 2 is 1.65 bits per heavy atom. The van der Waals surface area contributed by atoms with Crippen LogP contribution in [0.25, 0.3) is 6.08 Å². The van der Waals surface area contributed by atoms with E-state index in [0.29, 0.717) is 18.7 Å². The van der Waals surface area contributed by atoms with Gasteiger partial charge >= 0.3 is 0 Å². The molecular formula is C27H32N2O4S. The second-order valence-corrected chi connectivity index (χ2v) is 10.4. The van der Waals surface area contributed by atoms with Crippen LogP contribution in [0.1, 0.15) is 30.7 Å². The van der Waals surface area contributed by atoms with Gasteiger partial charge in [-0.05, 0) is 41.7 Å². The lowest BCUT2D eigenvalue weighted by atomic mass is 10.1. The van der Waals surface area contributed by atoms with E-state index in [-0.39, 0.29) is 31.5 Å². The first-order chi connectivity index (χ1) is 16.3. The fraction of sp³-hybridized carbons (Fsp3) is 0.296. The molecule has 2 aromatic carbocycles. The van der Waals surface area contributed by atoms with Gasteiger partial charge in [0.25, 0.3) is 0 Å². The van der Waals surface area contributed by atoms with Crippen molar-refractivity contribution in [1.82, 2.24) is 9.21 Å². The molecule has 0 spiro atoms.